The van der Waals surface area contributed by atoms with Gasteiger partial charge < -0.3 is 9.67 Å². The number of carboxylic acid groups (broad SMARTS) is 1. The molecule has 4 rings (SSSR count). The molecule has 0 saturated heterocycles. The van der Waals surface area contributed by atoms with Crippen LogP contribution in [0.3, 0.4) is 0 Å². The molecule has 1 aromatic carbocycles. The summed E-state index contributed by atoms with van der Waals surface area (Å²) in [7, 11) is 1.83. The van der Waals surface area contributed by atoms with E-state index in [9.17, 15) is 9.59 Å². The molecule has 25 heavy (non-hydrogen) atoms. The summed E-state index contributed by atoms with van der Waals surface area (Å²) in [5.74, 6) is -0.977. The highest BCUT2D eigenvalue weighted by molar-refractivity contribution is 7.19. The average molecular weight is 354 g/mol. The first-order chi connectivity index (χ1) is 12.0. The molecule has 3 heterocycles. The molecule has 0 atom stereocenters. The summed E-state index contributed by atoms with van der Waals surface area (Å²) in [5, 5.41) is 15.0. The molecule has 4 aromatic rings. The summed E-state index contributed by atoms with van der Waals surface area (Å²) in [5.41, 5.74) is 2.20. The van der Waals surface area contributed by atoms with Crippen LogP contribution in [0.5, 0.6) is 0 Å². The molecule has 0 unspecified atom stereocenters. The highest BCUT2D eigenvalue weighted by Gasteiger charge is 2.17. The van der Waals surface area contributed by atoms with Crippen LogP contribution in [0.1, 0.15) is 20.9 Å². The molecular formula is C17H14N4O3S. The minimum Gasteiger partial charge on any atom is -0.478 e. The summed E-state index contributed by atoms with van der Waals surface area (Å²) in [6, 6.07) is 6.42. The molecule has 0 fully saturated rings. The molecule has 0 spiro atoms. The van der Waals surface area contributed by atoms with Crippen molar-refractivity contribution in [2.75, 3.05) is 0 Å². The van der Waals surface area contributed by atoms with Crippen LogP contribution >= 0.6 is 11.3 Å². The van der Waals surface area contributed by atoms with E-state index < -0.39 is 5.97 Å². The number of fused-ring (bicyclic) bond motifs is 3. The Morgan fingerprint density at radius 1 is 1.28 bits per heavy atom. The standard InChI is InChI=1S/C17H14N4O3S/c1-9-19-15-14(25-9)12-7-18-21(16(22)13(12)20(15)2)8-10-3-5-11(6-4-10)17(23)24/h3-7H,8H2,1-2H3,(H,23,24). The fourth-order valence-corrected chi connectivity index (χ4v) is 3.89. The number of aryl methyl sites for hydroxylation is 2. The second kappa shape index (κ2) is 5.52. The van der Waals surface area contributed by atoms with Gasteiger partial charge in [0.25, 0.3) is 5.56 Å². The van der Waals surface area contributed by atoms with Crippen LogP contribution < -0.4 is 5.56 Å². The van der Waals surface area contributed by atoms with Crippen LogP contribution in [0.25, 0.3) is 21.3 Å². The number of benzene rings is 1. The van der Waals surface area contributed by atoms with Gasteiger partial charge in [-0.25, -0.2) is 14.5 Å². The molecule has 1 N–H and O–H groups in total. The SMILES string of the molecule is Cc1nc2c(s1)c1cnn(Cc3ccc(C(=O)O)cc3)c(=O)c1n2C. The Labute approximate surface area is 145 Å². The van der Waals surface area contributed by atoms with Crippen molar-refractivity contribution in [1.29, 1.82) is 0 Å². The zero-order valence-corrected chi connectivity index (χ0v) is 14.4. The lowest BCUT2D eigenvalue weighted by molar-refractivity contribution is 0.0697. The molecule has 3 aromatic heterocycles. The minimum absolute atomic E-state index is 0.190. The molecule has 0 saturated carbocycles. The second-order valence-corrected chi connectivity index (χ2v) is 7.02. The number of carboxylic acids is 1. The monoisotopic (exact) mass is 354 g/mol. The highest BCUT2D eigenvalue weighted by atomic mass is 32.1. The second-order valence-electron chi connectivity index (χ2n) is 5.82. The fraction of sp³-hybridized carbons (Fsp3) is 0.176. The van der Waals surface area contributed by atoms with Gasteiger partial charge in [0.1, 0.15) is 5.52 Å². The average Bonchev–Trinajstić information content (AvgIpc) is 3.08. The van der Waals surface area contributed by atoms with Crippen molar-refractivity contribution < 1.29 is 9.90 Å². The van der Waals surface area contributed by atoms with Crippen LogP contribution in [-0.2, 0) is 13.6 Å². The Morgan fingerprint density at radius 2 is 2.00 bits per heavy atom. The lowest BCUT2D eigenvalue weighted by Gasteiger charge is -2.06. The minimum atomic E-state index is -0.977. The third-order valence-corrected chi connectivity index (χ3v) is 5.16. The van der Waals surface area contributed by atoms with E-state index in [0.29, 0.717) is 5.52 Å². The van der Waals surface area contributed by atoms with Crippen LogP contribution in [0.4, 0.5) is 0 Å². The van der Waals surface area contributed by atoms with E-state index in [4.69, 9.17) is 5.11 Å². The number of aromatic nitrogens is 4. The summed E-state index contributed by atoms with van der Waals surface area (Å²) in [4.78, 5) is 28.2. The van der Waals surface area contributed by atoms with Crippen molar-refractivity contribution in [1.82, 2.24) is 19.3 Å². The maximum absolute atomic E-state index is 12.8. The van der Waals surface area contributed by atoms with Crippen molar-refractivity contribution in [2.24, 2.45) is 7.05 Å². The topological polar surface area (TPSA) is 90.0 Å². The zero-order valence-electron chi connectivity index (χ0n) is 13.6. The van der Waals surface area contributed by atoms with E-state index in [2.05, 4.69) is 10.1 Å². The van der Waals surface area contributed by atoms with Crippen LogP contribution in [0.15, 0.2) is 35.3 Å². The maximum Gasteiger partial charge on any atom is 0.335 e. The van der Waals surface area contributed by atoms with Gasteiger partial charge in [-0.1, -0.05) is 12.1 Å². The normalized spacial score (nSPS) is 11.4. The van der Waals surface area contributed by atoms with Crippen molar-refractivity contribution in [2.45, 2.75) is 13.5 Å². The molecule has 0 aliphatic heterocycles. The van der Waals surface area contributed by atoms with Crippen molar-refractivity contribution >= 4 is 38.6 Å². The molecule has 0 bridgehead atoms. The number of hydrogen-bond acceptors (Lipinski definition) is 5. The summed E-state index contributed by atoms with van der Waals surface area (Å²) in [6.45, 7) is 2.21. The third kappa shape index (κ3) is 2.42. The predicted octanol–water partition coefficient (Wildman–Crippen LogP) is 2.40. The van der Waals surface area contributed by atoms with Gasteiger partial charge in [0.05, 0.1) is 28.0 Å². The van der Waals surface area contributed by atoms with Gasteiger partial charge >= 0.3 is 5.97 Å². The Hall–Kier alpha value is -3.00. The number of rotatable bonds is 3. The number of hydrogen-bond donors (Lipinski definition) is 1. The van der Waals surface area contributed by atoms with Crippen molar-refractivity contribution in [3.05, 3.63) is 57.0 Å². The summed E-state index contributed by atoms with van der Waals surface area (Å²) in [6.07, 6.45) is 1.70. The molecule has 0 radical (unpaired) electrons. The van der Waals surface area contributed by atoms with E-state index in [1.165, 1.54) is 16.8 Å². The van der Waals surface area contributed by atoms with Crippen LogP contribution in [0, 0.1) is 6.92 Å². The quantitative estimate of drug-likeness (QED) is 0.610. The van der Waals surface area contributed by atoms with Crippen molar-refractivity contribution in [3.63, 3.8) is 0 Å². The molecule has 126 valence electrons. The van der Waals surface area contributed by atoms with Crippen LogP contribution in [-0.4, -0.2) is 30.4 Å². The van der Waals surface area contributed by atoms with E-state index in [1.807, 2.05) is 18.5 Å². The van der Waals surface area contributed by atoms with Gasteiger partial charge in [-0.05, 0) is 24.6 Å². The van der Waals surface area contributed by atoms with E-state index >= 15 is 0 Å². The molecular weight excluding hydrogens is 340 g/mol. The van der Waals surface area contributed by atoms with Gasteiger partial charge in [-0.3, -0.25) is 4.79 Å². The van der Waals surface area contributed by atoms with Crippen LogP contribution in [0.2, 0.25) is 0 Å². The van der Waals surface area contributed by atoms with Gasteiger partial charge in [0, 0.05) is 12.4 Å². The lowest BCUT2D eigenvalue weighted by atomic mass is 10.1. The number of aromatic carboxylic acids is 1. The van der Waals surface area contributed by atoms with Gasteiger partial charge in [-0.2, -0.15) is 5.10 Å². The Balaban J connectivity index is 1.80. The first kappa shape index (κ1) is 15.5. The lowest BCUT2D eigenvalue weighted by Crippen LogP contribution is -2.24. The van der Waals surface area contributed by atoms with Gasteiger partial charge in [0.15, 0.2) is 5.65 Å². The summed E-state index contributed by atoms with van der Waals surface area (Å²) < 4.78 is 4.16. The molecule has 0 amide bonds. The fourth-order valence-electron chi connectivity index (χ4n) is 2.93. The van der Waals surface area contributed by atoms with E-state index in [0.717, 1.165) is 26.3 Å². The molecule has 0 aliphatic rings. The maximum atomic E-state index is 12.8. The molecule has 0 aliphatic carbocycles. The van der Waals surface area contributed by atoms with Gasteiger partial charge in [-0.15, -0.1) is 11.3 Å². The molecule has 7 nitrogen and oxygen atoms in total. The summed E-state index contributed by atoms with van der Waals surface area (Å²) >= 11 is 1.55. The largest absolute Gasteiger partial charge is 0.478 e. The first-order valence-corrected chi connectivity index (χ1v) is 8.41. The van der Waals surface area contributed by atoms with Gasteiger partial charge in [0.2, 0.25) is 0 Å². The number of nitrogens with zero attached hydrogens (tertiary/aromatic N) is 4. The number of carbonyl (C=O) groups is 1. The van der Waals surface area contributed by atoms with E-state index in [-0.39, 0.29) is 17.7 Å². The number of thiazole rings is 1. The Morgan fingerprint density at radius 3 is 2.68 bits per heavy atom. The molecule has 8 heteroatoms. The highest BCUT2D eigenvalue weighted by Crippen LogP contribution is 2.30. The Bertz CT molecular complexity index is 1180. The first-order valence-electron chi connectivity index (χ1n) is 7.59. The van der Waals surface area contributed by atoms with Crippen molar-refractivity contribution in [3.8, 4) is 0 Å². The third-order valence-electron chi connectivity index (χ3n) is 4.17. The predicted molar refractivity (Wildman–Crippen MR) is 95.4 cm³/mol. The zero-order chi connectivity index (χ0) is 17.7. The smallest absolute Gasteiger partial charge is 0.335 e. The van der Waals surface area contributed by atoms with E-state index in [1.54, 1.807) is 29.7 Å². The Kier molecular flexibility index (Phi) is 3.43.